The lowest BCUT2D eigenvalue weighted by atomic mass is 10.2. The van der Waals surface area contributed by atoms with Gasteiger partial charge in [0.15, 0.2) is 11.4 Å². The van der Waals surface area contributed by atoms with Gasteiger partial charge in [0, 0.05) is 11.0 Å². The topological polar surface area (TPSA) is 95.1 Å². The number of rotatable bonds is 4. The summed E-state index contributed by atoms with van der Waals surface area (Å²) in [6, 6.07) is 7.43. The first kappa shape index (κ1) is 13.3. The van der Waals surface area contributed by atoms with E-state index < -0.39 is 11.9 Å². The molecule has 19 heavy (non-hydrogen) atoms. The van der Waals surface area contributed by atoms with E-state index in [2.05, 4.69) is 31.2 Å². The van der Waals surface area contributed by atoms with Gasteiger partial charge in [-0.1, -0.05) is 28.1 Å². The molecule has 0 unspecified atom stereocenters. The van der Waals surface area contributed by atoms with Gasteiger partial charge in [0.2, 0.25) is 0 Å². The third-order valence-corrected chi connectivity index (χ3v) is 2.96. The highest BCUT2D eigenvalue weighted by molar-refractivity contribution is 9.10. The lowest BCUT2D eigenvalue weighted by Gasteiger charge is -2.04. The number of carbonyl (C=O) groups is 2. The molecule has 0 saturated carbocycles. The lowest BCUT2D eigenvalue weighted by molar-refractivity contribution is 0.0685. The molecule has 6 nitrogen and oxygen atoms in total. The Morgan fingerprint density at radius 1 is 1.32 bits per heavy atom. The molecule has 0 radical (unpaired) electrons. The second kappa shape index (κ2) is 5.66. The predicted molar refractivity (Wildman–Crippen MR) is 70.9 cm³/mol. The number of hydrogen-bond acceptors (Lipinski definition) is 3. The van der Waals surface area contributed by atoms with Gasteiger partial charge in [0.1, 0.15) is 0 Å². The molecule has 3 N–H and O–H groups in total. The van der Waals surface area contributed by atoms with Crippen molar-refractivity contribution in [2.75, 3.05) is 0 Å². The molecule has 0 aliphatic heterocycles. The molecule has 0 aliphatic rings. The zero-order chi connectivity index (χ0) is 13.8. The minimum absolute atomic E-state index is 0.121. The van der Waals surface area contributed by atoms with E-state index in [9.17, 15) is 9.59 Å². The molecule has 0 saturated heterocycles. The van der Waals surface area contributed by atoms with Crippen LogP contribution in [0.3, 0.4) is 0 Å². The molecule has 2 aromatic rings. The van der Waals surface area contributed by atoms with Crippen molar-refractivity contribution < 1.29 is 14.7 Å². The maximum Gasteiger partial charge on any atom is 0.354 e. The first-order valence-electron chi connectivity index (χ1n) is 5.37. The van der Waals surface area contributed by atoms with Crippen molar-refractivity contribution in [2.45, 2.75) is 6.54 Å². The van der Waals surface area contributed by atoms with Gasteiger partial charge in [0.25, 0.3) is 5.91 Å². The number of imidazole rings is 1. The number of halogens is 1. The largest absolute Gasteiger partial charge is 0.477 e. The minimum atomic E-state index is -1.22. The number of aromatic carboxylic acids is 1. The average Bonchev–Trinajstić information content (AvgIpc) is 2.87. The second-order valence-electron chi connectivity index (χ2n) is 3.74. The fourth-order valence-corrected chi connectivity index (χ4v) is 1.76. The van der Waals surface area contributed by atoms with E-state index in [1.807, 2.05) is 24.3 Å². The van der Waals surface area contributed by atoms with E-state index in [1.165, 1.54) is 6.33 Å². The zero-order valence-electron chi connectivity index (χ0n) is 9.68. The van der Waals surface area contributed by atoms with Crippen LogP contribution in [0.5, 0.6) is 0 Å². The number of H-pyrrole nitrogens is 1. The van der Waals surface area contributed by atoms with Crippen LogP contribution < -0.4 is 5.32 Å². The van der Waals surface area contributed by atoms with Crippen molar-refractivity contribution >= 4 is 27.8 Å². The molecule has 1 aromatic carbocycles. The number of carbonyl (C=O) groups excluding carboxylic acids is 1. The van der Waals surface area contributed by atoms with Gasteiger partial charge >= 0.3 is 5.97 Å². The number of nitrogens with one attached hydrogen (secondary N) is 2. The molecule has 1 amide bonds. The van der Waals surface area contributed by atoms with E-state index in [-0.39, 0.29) is 11.4 Å². The molecule has 7 heteroatoms. The molecule has 0 atom stereocenters. The van der Waals surface area contributed by atoms with Crippen LogP contribution >= 0.6 is 15.9 Å². The normalized spacial score (nSPS) is 10.2. The number of benzene rings is 1. The maximum atomic E-state index is 11.8. The van der Waals surface area contributed by atoms with Crippen LogP contribution in [0.25, 0.3) is 0 Å². The van der Waals surface area contributed by atoms with Crippen LogP contribution in [0.2, 0.25) is 0 Å². The van der Waals surface area contributed by atoms with Gasteiger partial charge in [-0.2, -0.15) is 0 Å². The number of carboxylic acids is 1. The lowest BCUT2D eigenvalue weighted by Crippen LogP contribution is -2.25. The first-order chi connectivity index (χ1) is 9.08. The van der Waals surface area contributed by atoms with Crippen molar-refractivity contribution in [1.29, 1.82) is 0 Å². The summed E-state index contributed by atoms with van der Waals surface area (Å²) in [6.07, 6.45) is 1.18. The Labute approximate surface area is 117 Å². The Morgan fingerprint density at radius 2 is 2.00 bits per heavy atom. The molecular formula is C12H10BrN3O3. The van der Waals surface area contributed by atoms with Crippen molar-refractivity contribution in [3.8, 4) is 0 Å². The minimum Gasteiger partial charge on any atom is -0.477 e. The Kier molecular flexibility index (Phi) is 3.96. The molecule has 98 valence electrons. The van der Waals surface area contributed by atoms with E-state index in [1.54, 1.807) is 0 Å². The van der Waals surface area contributed by atoms with Crippen LogP contribution in [0.1, 0.15) is 26.5 Å². The fourth-order valence-electron chi connectivity index (χ4n) is 1.50. The number of aromatic amines is 1. The maximum absolute atomic E-state index is 11.8. The molecule has 0 bridgehead atoms. The number of aromatic nitrogens is 2. The van der Waals surface area contributed by atoms with Gasteiger partial charge in [0.05, 0.1) is 6.33 Å². The van der Waals surface area contributed by atoms with Gasteiger partial charge in [-0.15, -0.1) is 0 Å². The summed E-state index contributed by atoms with van der Waals surface area (Å²) in [5, 5.41) is 11.5. The molecule has 2 rings (SSSR count). The fraction of sp³-hybridized carbons (Fsp3) is 0.0833. The van der Waals surface area contributed by atoms with Crippen LogP contribution in [0, 0.1) is 0 Å². The highest BCUT2D eigenvalue weighted by Gasteiger charge is 2.19. The summed E-state index contributed by atoms with van der Waals surface area (Å²) in [5.41, 5.74) is 0.571. The Hall–Kier alpha value is -2.15. The quantitative estimate of drug-likeness (QED) is 0.799. The SMILES string of the molecule is O=C(NCc1ccc(Br)cc1)c1nc[nH]c1C(=O)O. The molecule has 1 aromatic heterocycles. The summed E-state index contributed by atoms with van der Waals surface area (Å²) in [4.78, 5) is 28.8. The third kappa shape index (κ3) is 3.19. The summed E-state index contributed by atoms with van der Waals surface area (Å²) < 4.78 is 0.947. The van der Waals surface area contributed by atoms with Crippen molar-refractivity contribution in [3.05, 3.63) is 52.0 Å². The molecule has 0 aliphatic carbocycles. The van der Waals surface area contributed by atoms with Crippen molar-refractivity contribution in [3.63, 3.8) is 0 Å². The molecular weight excluding hydrogens is 314 g/mol. The first-order valence-corrected chi connectivity index (χ1v) is 6.16. The monoisotopic (exact) mass is 323 g/mol. The predicted octanol–water partition coefficient (Wildman–Crippen LogP) is 1.80. The molecule has 0 fully saturated rings. The Morgan fingerprint density at radius 3 is 2.63 bits per heavy atom. The summed E-state index contributed by atoms with van der Waals surface area (Å²) >= 11 is 3.32. The van der Waals surface area contributed by atoms with Gasteiger partial charge in [-0.25, -0.2) is 9.78 Å². The number of nitrogens with zero attached hydrogens (tertiary/aromatic N) is 1. The van der Waals surface area contributed by atoms with E-state index in [4.69, 9.17) is 5.11 Å². The molecule has 0 spiro atoms. The van der Waals surface area contributed by atoms with Crippen LogP contribution in [-0.4, -0.2) is 27.0 Å². The average molecular weight is 324 g/mol. The summed E-state index contributed by atoms with van der Waals surface area (Å²) in [6.45, 7) is 0.304. The van der Waals surface area contributed by atoms with Gasteiger partial charge < -0.3 is 15.4 Å². The standard InChI is InChI=1S/C12H10BrN3O3/c13-8-3-1-7(2-4-8)5-14-11(17)9-10(12(18)19)16-6-15-9/h1-4,6H,5H2,(H,14,17)(H,15,16)(H,18,19). The highest BCUT2D eigenvalue weighted by Crippen LogP contribution is 2.10. The van der Waals surface area contributed by atoms with Crippen LogP contribution in [-0.2, 0) is 6.54 Å². The van der Waals surface area contributed by atoms with Gasteiger partial charge in [-0.3, -0.25) is 4.79 Å². The zero-order valence-corrected chi connectivity index (χ0v) is 11.3. The van der Waals surface area contributed by atoms with Gasteiger partial charge in [-0.05, 0) is 17.7 Å². The summed E-state index contributed by atoms with van der Waals surface area (Å²) in [7, 11) is 0. The van der Waals surface area contributed by atoms with Crippen molar-refractivity contribution in [2.24, 2.45) is 0 Å². The number of carboxylic acid groups (broad SMARTS) is 1. The summed E-state index contributed by atoms with van der Waals surface area (Å²) in [5.74, 6) is -1.74. The van der Waals surface area contributed by atoms with Crippen LogP contribution in [0.4, 0.5) is 0 Å². The Bertz CT molecular complexity index is 607. The van der Waals surface area contributed by atoms with E-state index >= 15 is 0 Å². The number of hydrogen-bond donors (Lipinski definition) is 3. The smallest absolute Gasteiger partial charge is 0.354 e. The third-order valence-electron chi connectivity index (χ3n) is 2.43. The van der Waals surface area contributed by atoms with E-state index in [0.29, 0.717) is 6.54 Å². The van der Waals surface area contributed by atoms with Crippen LogP contribution in [0.15, 0.2) is 35.1 Å². The second-order valence-corrected chi connectivity index (χ2v) is 4.66. The highest BCUT2D eigenvalue weighted by atomic mass is 79.9. The number of amides is 1. The molecule has 1 heterocycles. The van der Waals surface area contributed by atoms with E-state index in [0.717, 1.165) is 10.0 Å². The Balaban J connectivity index is 2.03. The van der Waals surface area contributed by atoms with Crippen molar-refractivity contribution in [1.82, 2.24) is 15.3 Å².